The minimum Gasteiger partial charge on any atom is -0.355 e. The number of aromatic nitrogens is 4. The van der Waals surface area contributed by atoms with Crippen molar-refractivity contribution in [1.29, 1.82) is 0 Å². The van der Waals surface area contributed by atoms with Crippen LogP contribution in [0.15, 0.2) is 78.3 Å². The summed E-state index contributed by atoms with van der Waals surface area (Å²) in [4.78, 5) is 14.4. The number of hydrogen-bond donors (Lipinski definition) is 1. The molecule has 5 aromatic rings. The van der Waals surface area contributed by atoms with E-state index in [4.69, 9.17) is 4.98 Å². The molecule has 0 saturated carbocycles. The molecule has 0 spiro atoms. The number of benzene rings is 2. The summed E-state index contributed by atoms with van der Waals surface area (Å²) in [7, 11) is -3.00. The molecule has 0 fully saturated rings. The molecule has 5 rings (SSSR count). The molecule has 0 bridgehead atoms. The molecule has 0 radical (unpaired) electrons. The van der Waals surface area contributed by atoms with Crippen molar-refractivity contribution in [3.05, 3.63) is 90.6 Å². The second-order valence-electron chi connectivity index (χ2n) is 9.22. The molecule has 3 aromatic heterocycles. The Hall–Kier alpha value is -4.10. The first kappa shape index (κ1) is 28.4. The van der Waals surface area contributed by atoms with Gasteiger partial charge in [-0.3, -0.25) is 0 Å². The van der Waals surface area contributed by atoms with E-state index in [-0.39, 0.29) is 11.4 Å². The Labute approximate surface area is 239 Å². The minimum absolute atomic E-state index is 0.169. The highest BCUT2D eigenvalue weighted by atomic mass is 32.3. The molecule has 0 amide bonds. The van der Waals surface area contributed by atoms with Gasteiger partial charge in [0, 0.05) is 49.1 Å². The van der Waals surface area contributed by atoms with E-state index >= 15 is 8.78 Å². The van der Waals surface area contributed by atoms with Crippen LogP contribution in [-0.4, -0.2) is 40.7 Å². The van der Waals surface area contributed by atoms with Crippen LogP contribution in [0.1, 0.15) is 18.9 Å². The van der Waals surface area contributed by atoms with Crippen LogP contribution in [-0.2, 0) is 16.8 Å². The van der Waals surface area contributed by atoms with E-state index in [9.17, 15) is 12.3 Å². The molecule has 0 saturated heterocycles. The normalized spacial score (nSPS) is 11.6. The lowest BCUT2D eigenvalue weighted by molar-refractivity contribution is 0.552. The lowest BCUT2D eigenvalue weighted by Gasteiger charge is -2.19. The molecule has 212 valence electrons. The van der Waals surface area contributed by atoms with Gasteiger partial charge in [0.2, 0.25) is 0 Å². The van der Waals surface area contributed by atoms with Crippen molar-refractivity contribution in [2.75, 3.05) is 22.4 Å². The van der Waals surface area contributed by atoms with E-state index in [0.29, 0.717) is 34.5 Å². The maximum absolute atomic E-state index is 15.7. The quantitative estimate of drug-likeness (QED) is 0.110. The van der Waals surface area contributed by atoms with Gasteiger partial charge in [0.25, 0.3) is 0 Å². The maximum Gasteiger partial charge on any atom is 0.332 e. The highest BCUT2D eigenvalue weighted by molar-refractivity contribution is 8.00. The summed E-state index contributed by atoms with van der Waals surface area (Å²) in [6.07, 6.45) is 7.08. The van der Waals surface area contributed by atoms with E-state index in [1.165, 1.54) is 59.2 Å². The summed E-state index contributed by atoms with van der Waals surface area (Å²) in [5, 5.41) is 0. The Morgan fingerprint density at radius 1 is 1.02 bits per heavy atom. The molecule has 0 unspecified atom stereocenters. The molecule has 2 aromatic carbocycles. The molecule has 13 heteroatoms. The molecule has 0 atom stereocenters. The fourth-order valence-corrected chi connectivity index (χ4v) is 5.41. The van der Waals surface area contributed by atoms with Crippen molar-refractivity contribution in [2.24, 2.45) is 0 Å². The molecule has 0 aliphatic heterocycles. The Bertz CT molecular complexity index is 1800. The maximum atomic E-state index is 15.7. The number of fused-ring (bicyclic) bond motifs is 1. The smallest absolute Gasteiger partial charge is 0.332 e. The monoisotopic (exact) mass is 598 g/mol. The summed E-state index contributed by atoms with van der Waals surface area (Å²) in [6.45, 7) is 2.34. The molecular weight excluding hydrogens is 573 g/mol. The van der Waals surface area contributed by atoms with Crippen LogP contribution >= 0.6 is 11.9 Å². The van der Waals surface area contributed by atoms with E-state index in [1.807, 2.05) is 11.8 Å². The molecule has 1 N–H and O–H groups in total. The SMILES string of the molecule is CCCSNc1ccc(F)c(-n2cc(-c3cncnc3)c3nc(N(C)Cc4ccc(S(=O)(=O)F)cc4)ccc32)c1F. The summed E-state index contributed by atoms with van der Waals surface area (Å²) in [6, 6.07) is 11.5. The Morgan fingerprint density at radius 2 is 1.76 bits per heavy atom. The van der Waals surface area contributed by atoms with Crippen LogP contribution < -0.4 is 9.62 Å². The zero-order valence-corrected chi connectivity index (χ0v) is 23.7. The Balaban J connectivity index is 1.57. The van der Waals surface area contributed by atoms with Gasteiger partial charge < -0.3 is 14.2 Å². The van der Waals surface area contributed by atoms with Crippen molar-refractivity contribution in [3.8, 4) is 16.8 Å². The van der Waals surface area contributed by atoms with Gasteiger partial charge in [-0.25, -0.2) is 23.7 Å². The Morgan fingerprint density at radius 3 is 2.44 bits per heavy atom. The van der Waals surface area contributed by atoms with Crippen molar-refractivity contribution in [2.45, 2.75) is 24.8 Å². The molecule has 0 aliphatic carbocycles. The lowest BCUT2D eigenvalue weighted by Crippen LogP contribution is -2.17. The summed E-state index contributed by atoms with van der Waals surface area (Å²) in [5.74, 6) is -0.166. The van der Waals surface area contributed by atoms with Gasteiger partial charge in [0.15, 0.2) is 5.82 Å². The first-order chi connectivity index (χ1) is 19.7. The van der Waals surface area contributed by atoms with E-state index in [0.717, 1.165) is 17.7 Å². The zero-order chi connectivity index (χ0) is 29.1. The number of pyridine rings is 1. The highest BCUT2D eigenvalue weighted by Gasteiger charge is 2.22. The molecular formula is C28H25F3N6O2S2. The standard InChI is InChI=1S/C28H25F3N6O2S2/c1-3-12-40-35-23-9-8-22(29)28(26(23)30)37-16-21(19-13-32-17-33-14-19)27-24(37)10-11-25(34-27)36(2)15-18-4-6-20(7-5-18)41(31,38)39/h4-11,13-14,16-17,35H,3,12,15H2,1-2H3. The van der Waals surface area contributed by atoms with Crippen molar-refractivity contribution in [1.82, 2.24) is 19.5 Å². The van der Waals surface area contributed by atoms with Gasteiger partial charge in [-0.15, -0.1) is 3.89 Å². The molecule has 41 heavy (non-hydrogen) atoms. The fourth-order valence-electron chi connectivity index (χ4n) is 4.32. The number of hydrogen-bond acceptors (Lipinski definition) is 8. The molecule has 0 aliphatic rings. The van der Waals surface area contributed by atoms with Crippen LogP contribution in [0.25, 0.3) is 27.8 Å². The van der Waals surface area contributed by atoms with E-state index in [1.54, 1.807) is 37.8 Å². The van der Waals surface area contributed by atoms with Gasteiger partial charge in [-0.2, -0.15) is 8.42 Å². The third-order valence-corrected chi connectivity index (χ3v) is 8.13. The first-order valence-corrected chi connectivity index (χ1v) is 14.9. The highest BCUT2D eigenvalue weighted by Crippen LogP contribution is 2.35. The average Bonchev–Trinajstić information content (AvgIpc) is 3.33. The van der Waals surface area contributed by atoms with Gasteiger partial charge >= 0.3 is 10.2 Å². The predicted molar refractivity (Wildman–Crippen MR) is 155 cm³/mol. The first-order valence-electron chi connectivity index (χ1n) is 12.6. The number of nitrogens with zero attached hydrogens (tertiary/aromatic N) is 5. The summed E-state index contributed by atoms with van der Waals surface area (Å²) in [5.41, 5.74) is 2.78. The summed E-state index contributed by atoms with van der Waals surface area (Å²) < 4.78 is 70.8. The second kappa shape index (κ2) is 11.8. The van der Waals surface area contributed by atoms with Gasteiger partial charge in [0.1, 0.15) is 23.6 Å². The summed E-state index contributed by atoms with van der Waals surface area (Å²) >= 11 is 1.34. The lowest BCUT2D eigenvalue weighted by atomic mass is 10.1. The van der Waals surface area contributed by atoms with E-state index < -0.39 is 26.8 Å². The average molecular weight is 599 g/mol. The van der Waals surface area contributed by atoms with Crippen LogP contribution in [0.5, 0.6) is 0 Å². The largest absolute Gasteiger partial charge is 0.355 e. The molecule has 8 nitrogen and oxygen atoms in total. The van der Waals surface area contributed by atoms with Gasteiger partial charge in [-0.05, 0) is 48.4 Å². The van der Waals surface area contributed by atoms with Crippen molar-refractivity contribution < 1.29 is 21.1 Å². The number of halogens is 3. The molecule has 3 heterocycles. The number of anilines is 2. The third-order valence-electron chi connectivity index (χ3n) is 6.32. The van der Waals surface area contributed by atoms with Crippen LogP contribution in [0, 0.1) is 11.6 Å². The van der Waals surface area contributed by atoms with Crippen LogP contribution in [0.2, 0.25) is 0 Å². The topological polar surface area (TPSA) is 93.0 Å². The predicted octanol–water partition coefficient (Wildman–Crippen LogP) is 6.53. The minimum atomic E-state index is -4.79. The number of nitrogens with one attached hydrogen (secondary N) is 1. The van der Waals surface area contributed by atoms with Crippen molar-refractivity contribution >= 4 is 44.7 Å². The van der Waals surface area contributed by atoms with Gasteiger partial charge in [-0.1, -0.05) is 31.0 Å². The zero-order valence-electron chi connectivity index (χ0n) is 22.1. The fraction of sp³-hybridized carbons (Fsp3) is 0.179. The Kier molecular flexibility index (Phi) is 8.18. The van der Waals surface area contributed by atoms with Crippen LogP contribution in [0.4, 0.5) is 24.2 Å². The van der Waals surface area contributed by atoms with Crippen LogP contribution in [0.3, 0.4) is 0 Å². The van der Waals surface area contributed by atoms with Gasteiger partial charge in [0.05, 0.1) is 21.6 Å². The van der Waals surface area contributed by atoms with E-state index in [2.05, 4.69) is 14.7 Å². The third kappa shape index (κ3) is 6.00. The van der Waals surface area contributed by atoms with Crippen molar-refractivity contribution in [3.63, 3.8) is 0 Å². The number of rotatable bonds is 10. The second-order valence-corrected chi connectivity index (χ2v) is 11.5.